The fourth-order valence-corrected chi connectivity index (χ4v) is 2.83. The first-order valence-corrected chi connectivity index (χ1v) is 6.02. The minimum absolute atomic E-state index is 1.06. The van der Waals surface area contributed by atoms with Crippen molar-refractivity contribution >= 4 is 17.7 Å². The van der Waals surface area contributed by atoms with Crippen molar-refractivity contribution in [2.45, 2.75) is 6.42 Å². The van der Waals surface area contributed by atoms with Gasteiger partial charge in [-0.25, -0.2) is 0 Å². The molecule has 2 aromatic carbocycles. The lowest BCUT2D eigenvalue weighted by molar-refractivity contribution is 1.25. The summed E-state index contributed by atoms with van der Waals surface area (Å²) in [6, 6.07) is 17.4. The Labute approximate surface area is 100 Å². The van der Waals surface area contributed by atoms with Crippen molar-refractivity contribution in [2.24, 2.45) is 0 Å². The number of benzene rings is 2. The maximum atomic E-state index is 2.31. The Morgan fingerprint density at radius 2 is 1.59 bits per heavy atom. The van der Waals surface area contributed by atoms with Gasteiger partial charge < -0.3 is 0 Å². The molecular formula is C17H12. The Morgan fingerprint density at radius 3 is 2.59 bits per heavy atom. The number of hydrogen-bond acceptors (Lipinski definition) is 0. The first kappa shape index (κ1) is 9.00. The monoisotopic (exact) mass is 216 g/mol. The van der Waals surface area contributed by atoms with Crippen LogP contribution in [-0.2, 0) is 6.42 Å². The van der Waals surface area contributed by atoms with Crippen LogP contribution in [0.25, 0.3) is 17.7 Å². The van der Waals surface area contributed by atoms with Crippen molar-refractivity contribution in [3.8, 4) is 0 Å². The van der Waals surface area contributed by atoms with Crippen LogP contribution in [0.15, 0.2) is 54.1 Å². The molecule has 0 N–H and O–H groups in total. The molecule has 0 heterocycles. The summed E-state index contributed by atoms with van der Waals surface area (Å²) in [5.74, 6) is 0. The van der Waals surface area contributed by atoms with E-state index in [1.807, 2.05) is 0 Å². The summed E-state index contributed by atoms with van der Waals surface area (Å²) < 4.78 is 0. The molecule has 0 spiro atoms. The van der Waals surface area contributed by atoms with Gasteiger partial charge in [-0.1, -0.05) is 48.5 Å². The van der Waals surface area contributed by atoms with E-state index in [2.05, 4.69) is 60.7 Å². The minimum Gasteiger partial charge on any atom is -0.0619 e. The second-order valence-corrected chi connectivity index (χ2v) is 4.69. The van der Waals surface area contributed by atoms with Crippen molar-refractivity contribution in [1.29, 1.82) is 0 Å². The van der Waals surface area contributed by atoms with E-state index in [1.54, 1.807) is 0 Å². The molecule has 0 bridgehead atoms. The van der Waals surface area contributed by atoms with E-state index in [9.17, 15) is 0 Å². The second-order valence-electron chi connectivity index (χ2n) is 4.69. The number of rotatable bonds is 0. The summed E-state index contributed by atoms with van der Waals surface area (Å²) in [4.78, 5) is 0. The standard InChI is InChI=1S/C17H12/c1-2-6-13-11-17-15(9-12(13)5-1)10-14-7-3-4-8-16(14)17/h1-10H,11H2. The normalized spacial score (nSPS) is 15.5. The molecule has 2 aromatic rings. The third-order valence-corrected chi connectivity index (χ3v) is 3.68. The Balaban J connectivity index is 2.07. The summed E-state index contributed by atoms with van der Waals surface area (Å²) in [6.45, 7) is 0. The summed E-state index contributed by atoms with van der Waals surface area (Å²) in [7, 11) is 0. The van der Waals surface area contributed by atoms with Gasteiger partial charge in [0.05, 0.1) is 0 Å². The molecule has 0 heteroatoms. The molecule has 0 nitrogen and oxygen atoms in total. The number of fused-ring (bicyclic) bond motifs is 3. The molecule has 0 aromatic heterocycles. The lowest BCUT2D eigenvalue weighted by atomic mass is 9.89. The molecule has 0 saturated carbocycles. The fourth-order valence-electron chi connectivity index (χ4n) is 2.83. The molecule has 2 aliphatic rings. The van der Waals surface area contributed by atoms with E-state index in [-0.39, 0.29) is 0 Å². The zero-order chi connectivity index (χ0) is 11.2. The predicted octanol–water partition coefficient (Wildman–Crippen LogP) is 2.27. The smallest absolute Gasteiger partial charge is 0.000772 e. The van der Waals surface area contributed by atoms with Gasteiger partial charge >= 0.3 is 0 Å². The van der Waals surface area contributed by atoms with Gasteiger partial charge in [-0.2, -0.15) is 0 Å². The van der Waals surface area contributed by atoms with Crippen molar-refractivity contribution < 1.29 is 0 Å². The van der Waals surface area contributed by atoms with Crippen LogP contribution >= 0.6 is 0 Å². The molecule has 0 fully saturated rings. The molecular weight excluding hydrogens is 204 g/mol. The van der Waals surface area contributed by atoms with Gasteiger partial charge in [0.25, 0.3) is 0 Å². The quantitative estimate of drug-likeness (QED) is 0.633. The fraction of sp³-hybridized carbons (Fsp3) is 0.0588. The van der Waals surface area contributed by atoms with Crippen LogP contribution in [0.5, 0.6) is 0 Å². The van der Waals surface area contributed by atoms with Crippen LogP contribution in [0.2, 0.25) is 0 Å². The van der Waals surface area contributed by atoms with Gasteiger partial charge in [-0.15, -0.1) is 0 Å². The first-order chi connectivity index (χ1) is 8.42. The van der Waals surface area contributed by atoms with Gasteiger partial charge in [0, 0.05) is 0 Å². The maximum Gasteiger partial charge on any atom is -0.000772 e. The van der Waals surface area contributed by atoms with Crippen molar-refractivity contribution in [1.82, 2.24) is 0 Å². The van der Waals surface area contributed by atoms with Crippen molar-refractivity contribution in [3.63, 3.8) is 0 Å². The Bertz CT molecular complexity index is 761. The van der Waals surface area contributed by atoms with E-state index in [4.69, 9.17) is 0 Å². The van der Waals surface area contributed by atoms with Gasteiger partial charge in [0.15, 0.2) is 0 Å². The highest BCUT2D eigenvalue weighted by Gasteiger charge is 2.17. The summed E-state index contributed by atoms with van der Waals surface area (Å²) in [6.07, 6.45) is 5.68. The highest BCUT2D eigenvalue weighted by atomic mass is 14.2. The van der Waals surface area contributed by atoms with Crippen molar-refractivity contribution in [2.75, 3.05) is 0 Å². The largest absolute Gasteiger partial charge is 0.0619 e. The number of hydrogen-bond donors (Lipinski definition) is 0. The van der Waals surface area contributed by atoms with Crippen LogP contribution in [-0.4, -0.2) is 0 Å². The molecule has 0 atom stereocenters. The lowest BCUT2D eigenvalue weighted by Crippen LogP contribution is -2.22. The number of allylic oxidation sites excluding steroid dienone is 1. The second kappa shape index (κ2) is 3.21. The summed E-state index contributed by atoms with van der Waals surface area (Å²) in [5, 5.41) is 2.77. The average molecular weight is 216 g/mol. The highest BCUT2D eigenvalue weighted by Crippen LogP contribution is 2.30. The molecule has 0 radical (unpaired) electrons. The van der Waals surface area contributed by atoms with Gasteiger partial charge in [0.1, 0.15) is 0 Å². The van der Waals surface area contributed by atoms with Gasteiger partial charge in [0.2, 0.25) is 0 Å². The Kier molecular flexibility index (Phi) is 1.70. The highest BCUT2D eigenvalue weighted by molar-refractivity contribution is 5.92. The topological polar surface area (TPSA) is 0 Å². The maximum absolute atomic E-state index is 2.31. The van der Waals surface area contributed by atoms with E-state index in [0.29, 0.717) is 0 Å². The van der Waals surface area contributed by atoms with Crippen LogP contribution < -0.4 is 10.4 Å². The molecule has 0 unspecified atom stereocenters. The van der Waals surface area contributed by atoms with Crippen LogP contribution in [0.1, 0.15) is 11.1 Å². The van der Waals surface area contributed by atoms with Gasteiger partial charge in [-0.05, 0) is 51.3 Å². The molecule has 0 aliphatic heterocycles. The molecule has 0 saturated heterocycles. The van der Waals surface area contributed by atoms with Gasteiger partial charge in [-0.3, -0.25) is 0 Å². The van der Waals surface area contributed by atoms with E-state index in [0.717, 1.165) is 6.42 Å². The Hall–Kier alpha value is -2.08. The minimum atomic E-state index is 1.06. The van der Waals surface area contributed by atoms with Crippen molar-refractivity contribution in [3.05, 3.63) is 75.7 Å². The lowest BCUT2D eigenvalue weighted by Gasteiger charge is -2.15. The van der Waals surface area contributed by atoms with E-state index in [1.165, 1.54) is 32.7 Å². The summed E-state index contributed by atoms with van der Waals surface area (Å²) in [5.41, 5.74) is 5.69. The zero-order valence-corrected chi connectivity index (χ0v) is 9.48. The Morgan fingerprint density at radius 1 is 0.765 bits per heavy atom. The molecule has 17 heavy (non-hydrogen) atoms. The first-order valence-electron chi connectivity index (χ1n) is 6.02. The predicted molar refractivity (Wildman–Crippen MR) is 71.7 cm³/mol. The van der Waals surface area contributed by atoms with Crippen LogP contribution in [0.3, 0.4) is 0 Å². The third-order valence-electron chi connectivity index (χ3n) is 3.68. The van der Waals surface area contributed by atoms with Crippen LogP contribution in [0.4, 0.5) is 0 Å². The molecule has 0 amide bonds. The molecule has 80 valence electrons. The summed E-state index contributed by atoms with van der Waals surface area (Å²) >= 11 is 0. The van der Waals surface area contributed by atoms with E-state index < -0.39 is 0 Å². The average Bonchev–Trinajstić information content (AvgIpc) is 2.73. The molecule has 2 aliphatic carbocycles. The molecule has 4 rings (SSSR count). The third kappa shape index (κ3) is 1.24. The van der Waals surface area contributed by atoms with E-state index >= 15 is 0 Å². The zero-order valence-electron chi connectivity index (χ0n) is 9.48. The van der Waals surface area contributed by atoms with Crippen LogP contribution in [0, 0.1) is 0 Å². The SMILES string of the molecule is C1=C2C=c3ccccc3=C2Cc2ccccc21.